The molecule has 1 amide bonds. The first kappa shape index (κ1) is 18.1. The van der Waals surface area contributed by atoms with Crippen molar-refractivity contribution < 1.29 is 4.79 Å². The number of pyridine rings is 1. The van der Waals surface area contributed by atoms with Gasteiger partial charge in [-0.15, -0.1) is 0 Å². The Hall–Kier alpha value is -2.69. The molecule has 1 aromatic heterocycles. The average molecular weight is 353 g/mol. The maximum atomic E-state index is 12.1. The third kappa shape index (κ3) is 4.48. The largest absolute Gasteiger partial charge is 0.353 e. The number of para-hydroxylation sites is 1. The Labute approximate surface area is 152 Å². The van der Waals surface area contributed by atoms with Gasteiger partial charge in [-0.1, -0.05) is 18.2 Å². The highest BCUT2D eigenvalue weighted by molar-refractivity contribution is 5.82. The Morgan fingerprint density at radius 3 is 3.08 bits per heavy atom. The first-order valence-corrected chi connectivity index (χ1v) is 8.87. The number of rotatable bonds is 7. The molecule has 0 unspecified atom stereocenters. The molecule has 0 radical (unpaired) electrons. The number of hydrogen-bond acceptors (Lipinski definition) is 5. The number of benzene rings is 1. The van der Waals surface area contributed by atoms with Crippen LogP contribution in [-0.4, -0.2) is 48.0 Å². The van der Waals surface area contributed by atoms with Crippen molar-refractivity contribution in [3.05, 3.63) is 46.2 Å². The van der Waals surface area contributed by atoms with E-state index in [4.69, 9.17) is 5.26 Å². The summed E-state index contributed by atoms with van der Waals surface area (Å²) in [4.78, 5) is 28.7. The van der Waals surface area contributed by atoms with Gasteiger partial charge < -0.3 is 15.6 Å². The molecule has 0 spiro atoms. The molecule has 1 fully saturated rings. The predicted molar refractivity (Wildman–Crippen MR) is 99.5 cm³/mol. The van der Waals surface area contributed by atoms with E-state index in [-0.39, 0.29) is 24.1 Å². The van der Waals surface area contributed by atoms with Gasteiger partial charge in [-0.05, 0) is 31.0 Å². The van der Waals surface area contributed by atoms with Crippen molar-refractivity contribution in [3.63, 3.8) is 0 Å². The highest BCUT2D eigenvalue weighted by Gasteiger charge is 2.24. The summed E-state index contributed by atoms with van der Waals surface area (Å²) in [5, 5.41) is 15.8. The van der Waals surface area contributed by atoms with Crippen molar-refractivity contribution in [1.82, 2.24) is 20.5 Å². The number of amides is 1. The number of aromatic amines is 1. The number of H-pyrrole nitrogens is 1. The van der Waals surface area contributed by atoms with E-state index in [0.717, 1.165) is 35.9 Å². The van der Waals surface area contributed by atoms with Gasteiger partial charge >= 0.3 is 0 Å². The zero-order valence-electron chi connectivity index (χ0n) is 14.6. The standard InChI is InChI=1S/C19H23N5O2/c20-7-9-24-8-3-4-15(24)12-22-19(26)13-21-11-14-10-18(25)23-17-6-2-1-5-16(14)17/h1-2,5-6,10,15,21H,3-4,8-9,11-13H2,(H,22,26)(H,23,25)/t15-/m0/s1. The summed E-state index contributed by atoms with van der Waals surface area (Å²) in [6.07, 6.45) is 2.07. The lowest BCUT2D eigenvalue weighted by atomic mass is 10.1. The fraction of sp³-hybridized carbons (Fsp3) is 0.421. The number of carbonyl (C=O) groups excluding carboxylic acids is 1. The summed E-state index contributed by atoms with van der Waals surface area (Å²) < 4.78 is 0. The lowest BCUT2D eigenvalue weighted by Gasteiger charge is -2.21. The summed E-state index contributed by atoms with van der Waals surface area (Å²) in [5.74, 6) is -0.0806. The molecule has 7 nitrogen and oxygen atoms in total. The lowest BCUT2D eigenvalue weighted by molar-refractivity contribution is -0.120. The molecule has 136 valence electrons. The molecule has 3 rings (SSSR count). The molecule has 7 heteroatoms. The van der Waals surface area contributed by atoms with Crippen molar-refractivity contribution in [2.75, 3.05) is 26.2 Å². The smallest absolute Gasteiger partial charge is 0.248 e. The van der Waals surface area contributed by atoms with Gasteiger partial charge in [0.15, 0.2) is 0 Å². The molecular weight excluding hydrogens is 330 g/mol. The van der Waals surface area contributed by atoms with E-state index in [0.29, 0.717) is 19.6 Å². The number of likely N-dealkylation sites (tertiary alicyclic amines) is 1. The second-order valence-corrected chi connectivity index (χ2v) is 6.54. The third-order valence-electron chi connectivity index (χ3n) is 4.74. The summed E-state index contributed by atoms with van der Waals surface area (Å²) in [6, 6.07) is 11.6. The highest BCUT2D eigenvalue weighted by Crippen LogP contribution is 2.15. The number of nitrogens with zero attached hydrogens (tertiary/aromatic N) is 2. The monoisotopic (exact) mass is 353 g/mol. The van der Waals surface area contributed by atoms with Crippen molar-refractivity contribution in [2.24, 2.45) is 0 Å². The molecule has 2 heterocycles. The minimum Gasteiger partial charge on any atom is -0.353 e. The van der Waals surface area contributed by atoms with Crippen LogP contribution in [0.15, 0.2) is 35.1 Å². The molecule has 1 aromatic carbocycles. The van der Waals surface area contributed by atoms with Gasteiger partial charge in [0.25, 0.3) is 0 Å². The molecule has 3 N–H and O–H groups in total. The second kappa shape index (κ2) is 8.61. The van der Waals surface area contributed by atoms with Crippen LogP contribution in [0.4, 0.5) is 0 Å². The first-order valence-electron chi connectivity index (χ1n) is 8.87. The summed E-state index contributed by atoms with van der Waals surface area (Å²) in [7, 11) is 0. The van der Waals surface area contributed by atoms with Gasteiger partial charge in [0.1, 0.15) is 0 Å². The Balaban J connectivity index is 1.49. The molecule has 0 aliphatic carbocycles. The van der Waals surface area contributed by atoms with Gasteiger partial charge in [0, 0.05) is 36.1 Å². The van der Waals surface area contributed by atoms with E-state index in [9.17, 15) is 9.59 Å². The fourth-order valence-electron chi connectivity index (χ4n) is 3.45. The Morgan fingerprint density at radius 2 is 2.23 bits per heavy atom. The molecule has 2 aromatic rings. The van der Waals surface area contributed by atoms with Gasteiger partial charge in [0.05, 0.1) is 19.2 Å². The molecule has 0 bridgehead atoms. The van der Waals surface area contributed by atoms with Crippen molar-refractivity contribution in [2.45, 2.75) is 25.4 Å². The fourth-order valence-corrected chi connectivity index (χ4v) is 3.45. The zero-order valence-corrected chi connectivity index (χ0v) is 14.6. The van der Waals surface area contributed by atoms with Crippen LogP contribution < -0.4 is 16.2 Å². The van der Waals surface area contributed by atoms with E-state index in [1.807, 2.05) is 24.3 Å². The topological polar surface area (TPSA) is 101 Å². The second-order valence-electron chi connectivity index (χ2n) is 6.54. The van der Waals surface area contributed by atoms with Gasteiger partial charge in [-0.3, -0.25) is 14.5 Å². The summed E-state index contributed by atoms with van der Waals surface area (Å²) in [6.45, 7) is 2.53. The van der Waals surface area contributed by atoms with E-state index in [2.05, 4.69) is 26.6 Å². The number of carbonyl (C=O) groups is 1. The Kier molecular flexibility index (Phi) is 6.00. The van der Waals surface area contributed by atoms with Gasteiger partial charge in [-0.25, -0.2) is 0 Å². The van der Waals surface area contributed by atoms with E-state index in [1.54, 1.807) is 6.07 Å². The number of nitriles is 1. The SMILES string of the molecule is N#CCN1CCC[C@H]1CNC(=O)CNCc1cc(=O)[nH]c2ccccc12. The van der Waals surface area contributed by atoms with E-state index in [1.165, 1.54) is 0 Å². The quantitative estimate of drug-likeness (QED) is 0.637. The summed E-state index contributed by atoms with van der Waals surface area (Å²) in [5.41, 5.74) is 1.51. The van der Waals surface area contributed by atoms with Crippen molar-refractivity contribution >= 4 is 16.8 Å². The minimum absolute atomic E-state index is 0.0806. The third-order valence-corrected chi connectivity index (χ3v) is 4.74. The maximum absolute atomic E-state index is 12.1. The molecule has 1 aliphatic heterocycles. The zero-order chi connectivity index (χ0) is 18.4. The molecule has 0 saturated carbocycles. The molecule has 1 atom stereocenters. The molecule has 1 saturated heterocycles. The average Bonchev–Trinajstić information content (AvgIpc) is 3.07. The summed E-state index contributed by atoms with van der Waals surface area (Å²) >= 11 is 0. The van der Waals surface area contributed by atoms with Gasteiger partial charge in [0.2, 0.25) is 11.5 Å². The van der Waals surface area contributed by atoms with E-state index >= 15 is 0 Å². The minimum atomic E-state index is -0.149. The predicted octanol–water partition coefficient (Wildman–Crippen LogP) is 0.722. The van der Waals surface area contributed by atoms with E-state index < -0.39 is 0 Å². The Morgan fingerprint density at radius 1 is 1.38 bits per heavy atom. The molecule has 26 heavy (non-hydrogen) atoms. The van der Waals surface area contributed by atoms with Crippen LogP contribution in [0.2, 0.25) is 0 Å². The van der Waals surface area contributed by atoms with Crippen LogP contribution in [0.25, 0.3) is 10.9 Å². The maximum Gasteiger partial charge on any atom is 0.248 e. The van der Waals surface area contributed by atoms with Crippen LogP contribution in [0.5, 0.6) is 0 Å². The number of aromatic nitrogens is 1. The normalized spacial score (nSPS) is 17.3. The van der Waals surface area contributed by atoms with Crippen molar-refractivity contribution in [3.8, 4) is 6.07 Å². The van der Waals surface area contributed by atoms with Gasteiger partial charge in [-0.2, -0.15) is 5.26 Å². The number of hydrogen-bond donors (Lipinski definition) is 3. The molecule has 1 aliphatic rings. The number of nitrogens with one attached hydrogen (secondary N) is 3. The van der Waals surface area contributed by atoms with Crippen LogP contribution in [-0.2, 0) is 11.3 Å². The number of fused-ring (bicyclic) bond motifs is 1. The highest BCUT2D eigenvalue weighted by atomic mass is 16.2. The van der Waals surface area contributed by atoms with Crippen LogP contribution >= 0.6 is 0 Å². The van der Waals surface area contributed by atoms with Crippen LogP contribution in [0, 0.1) is 11.3 Å². The van der Waals surface area contributed by atoms with Crippen molar-refractivity contribution in [1.29, 1.82) is 5.26 Å². The Bertz CT molecular complexity index is 870. The van der Waals surface area contributed by atoms with Crippen LogP contribution in [0.3, 0.4) is 0 Å². The van der Waals surface area contributed by atoms with Crippen LogP contribution in [0.1, 0.15) is 18.4 Å². The molecular formula is C19H23N5O2. The first-order chi connectivity index (χ1) is 12.7. The lowest BCUT2D eigenvalue weighted by Crippen LogP contribution is -2.42.